The van der Waals surface area contributed by atoms with Gasteiger partial charge in [0.15, 0.2) is 0 Å². The van der Waals surface area contributed by atoms with Gasteiger partial charge in [-0.1, -0.05) is 19.1 Å². The third kappa shape index (κ3) is 5.11. The fourth-order valence-electron chi connectivity index (χ4n) is 2.59. The first-order chi connectivity index (χ1) is 11.4. The molecule has 0 fully saturated rings. The largest absolute Gasteiger partial charge is 0.416 e. The van der Waals surface area contributed by atoms with Gasteiger partial charge in [-0.05, 0) is 36.4 Å². The Morgan fingerprint density at radius 3 is 2.62 bits per heavy atom. The van der Waals surface area contributed by atoms with Gasteiger partial charge in [0.25, 0.3) is 0 Å². The molecule has 2 rings (SSSR count). The lowest BCUT2D eigenvalue weighted by atomic mass is 10.1. The molecule has 0 saturated heterocycles. The summed E-state index contributed by atoms with van der Waals surface area (Å²) in [6, 6.07) is 9.42. The Bertz CT molecular complexity index is 637. The molecule has 0 radical (unpaired) electrons. The highest BCUT2D eigenvalue weighted by molar-refractivity contribution is 5.26. The zero-order valence-electron chi connectivity index (χ0n) is 14.0. The molecular weight excluding hydrogens is 317 g/mol. The summed E-state index contributed by atoms with van der Waals surface area (Å²) in [5.74, 6) is 0. The number of benzene rings is 1. The first kappa shape index (κ1) is 18.5. The van der Waals surface area contributed by atoms with Crippen LogP contribution in [0.25, 0.3) is 0 Å². The molecule has 0 bridgehead atoms. The van der Waals surface area contributed by atoms with Crippen LogP contribution < -0.4 is 0 Å². The lowest BCUT2D eigenvalue weighted by molar-refractivity contribution is -0.137. The molecule has 2 aromatic rings. The standard InChI is InChI=1S/C18H23F3N2O/c1-3-22(10-11-24-2)14-17-8-5-9-23(17)13-15-6-4-7-16(12-15)18(19,20)21/h4-9,12H,3,10-11,13-14H2,1-2H3. The maximum absolute atomic E-state index is 12.8. The van der Waals surface area contributed by atoms with Gasteiger partial charge in [0, 0.05) is 38.6 Å². The van der Waals surface area contributed by atoms with Crippen molar-refractivity contribution >= 4 is 0 Å². The molecule has 6 heteroatoms. The Kier molecular flexibility index (Phi) is 6.45. The van der Waals surface area contributed by atoms with Crippen molar-refractivity contribution in [3.63, 3.8) is 0 Å². The molecule has 0 spiro atoms. The highest BCUT2D eigenvalue weighted by Gasteiger charge is 2.30. The first-order valence-corrected chi connectivity index (χ1v) is 7.95. The van der Waals surface area contributed by atoms with Gasteiger partial charge in [-0.2, -0.15) is 13.2 Å². The number of methoxy groups -OCH3 is 1. The zero-order chi connectivity index (χ0) is 17.6. The Morgan fingerprint density at radius 1 is 1.17 bits per heavy atom. The molecule has 0 unspecified atom stereocenters. The summed E-state index contributed by atoms with van der Waals surface area (Å²) in [6.07, 6.45) is -2.41. The van der Waals surface area contributed by atoms with Crippen LogP contribution in [-0.2, 0) is 24.0 Å². The van der Waals surface area contributed by atoms with Gasteiger partial charge < -0.3 is 9.30 Å². The number of hydrogen-bond donors (Lipinski definition) is 0. The molecule has 0 atom stereocenters. The van der Waals surface area contributed by atoms with E-state index in [4.69, 9.17) is 4.74 Å². The highest BCUT2D eigenvalue weighted by atomic mass is 19.4. The third-order valence-corrected chi connectivity index (χ3v) is 3.98. The predicted octanol–water partition coefficient (Wildman–Crippen LogP) is 4.02. The summed E-state index contributed by atoms with van der Waals surface area (Å²) < 4.78 is 45.6. The number of hydrogen-bond acceptors (Lipinski definition) is 2. The van der Waals surface area contributed by atoms with Gasteiger partial charge >= 0.3 is 6.18 Å². The van der Waals surface area contributed by atoms with E-state index in [1.54, 1.807) is 13.2 Å². The first-order valence-electron chi connectivity index (χ1n) is 7.95. The molecule has 0 N–H and O–H groups in total. The quantitative estimate of drug-likeness (QED) is 0.722. The summed E-state index contributed by atoms with van der Waals surface area (Å²) in [7, 11) is 1.67. The Morgan fingerprint density at radius 2 is 1.96 bits per heavy atom. The number of alkyl halides is 3. The summed E-state index contributed by atoms with van der Waals surface area (Å²) in [6.45, 7) is 5.61. The number of rotatable bonds is 8. The second-order valence-electron chi connectivity index (χ2n) is 5.69. The minimum absolute atomic E-state index is 0.425. The zero-order valence-corrected chi connectivity index (χ0v) is 14.0. The van der Waals surface area contributed by atoms with Gasteiger partial charge in [0.2, 0.25) is 0 Å². The minimum Gasteiger partial charge on any atom is -0.383 e. The van der Waals surface area contributed by atoms with Gasteiger partial charge in [0.05, 0.1) is 12.2 Å². The molecule has 132 valence electrons. The lowest BCUT2D eigenvalue weighted by Crippen LogP contribution is -2.27. The van der Waals surface area contributed by atoms with Crippen molar-refractivity contribution in [1.82, 2.24) is 9.47 Å². The highest BCUT2D eigenvalue weighted by Crippen LogP contribution is 2.29. The Balaban J connectivity index is 2.10. The maximum atomic E-state index is 12.8. The number of likely N-dealkylation sites (N-methyl/N-ethyl adjacent to an activating group) is 1. The van der Waals surface area contributed by atoms with E-state index in [-0.39, 0.29) is 0 Å². The average molecular weight is 340 g/mol. The van der Waals surface area contributed by atoms with E-state index < -0.39 is 11.7 Å². The van der Waals surface area contributed by atoms with Crippen molar-refractivity contribution in [2.75, 3.05) is 26.8 Å². The SMILES string of the molecule is CCN(CCOC)Cc1cccn1Cc1cccc(C(F)(F)F)c1. The van der Waals surface area contributed by atoms with Crippen molar-refractivity contribution < 1.29 is 17.9 Å². The monoisotopic (exact) mass is 340 g/mol. The van der Waals surface area contributed by atoms with E-state index in [0.717, 1.165) is 31.4 Å². The van der Waals surface area contributed by atoms with Gasteiger partial charge in [-0.15, -0.1) is 0 Å². The molecular formula is C18H23F3N2O. The molecule has 0 aliphatic heterocycles. The van der Waals surface area contributed by atoms with Crippen molar-refractivity contribution in [3.8, 4) is 0 Å². The molecule has 3 nitrogen and oxygen atoms in total. The number of ether oxygens (including phenoxy) is 1. The van der Waals surface area contributed by atoms with Crippen molar-refractivity contribution in [2.45, 2.75) is 26.2 Å². The summed E-state index contributed by atoms with van der Waals surface area (Å²) in [5.41, 5.74) is 1.11. The molecule has 0 aliphatic rings. The van der Waals surface area contributed by atoms with E-state index in [1.807, 2.05) is 22.9 Å². The van der Waals surface area contributed by atoms with Crippen molar-refractivity contribution in [2.24, 2.45) is 0 Å². The van der Waals surface area contributed by atoms with Crippen LogP contribution in [0, 0.1) is 0 Å². The van der Waals surface area contributed by atoms with Crippen LogP contribution in [0.15, 0.2) is 42.6 Å². The lowest BCUT2D eigenvalue weighted by Gasteiger charge is -2.21. The topological polar surface area (TPSA) is 17.4 Å². The predicted molar refractivity (Wildman–Crippen MR) is 87.8 cm³/mol. The van der Waals surface area contributed by atoms with Crippen molar-refractivity contribution in [3.05, 3.63) is 59.4 Å². The van der Waals surface area contributed by atoms with Gasteiger partial charge in [-0.25, -0.2) is 0 Å². The van der Waals surface area contributed by atoms with Crippen LogP contribution in [0.4, 0.5) is 13.2 Å². The van der Waals surface area contributed by atoms with E-state index in [9.17, 15) is 13.2 Å². The third-order valence-electron chi connectivity index (χ3n) is 3.98. The Hall–Kier alpha value is -1.79. The summed E-state index contributed by atoms with van der Waals surface area (Å²) >= 11 is 0. The van der Waals surface area contributed by atoms with Gasteiger partial charge in [-0.3, -0.25) is 4.90 Å². The van der Waals surface area contributed by atoms with Crippen LogP contribution in [0.2, 0.25) is 0 Å². The normalized spacial score (nSPS) is 12.1. The smallest absolute Gasteiger partial charge is 0.383 e. The number of halogens is 3. The molecule has 0 amide bonds. The van der Waals surface area contributed by atoms with E-state index in [0.29, 0.717) is 18.7 Å². The summed E-state index contributed by atoms with van der Waals surface area (Å²) in [5, 5.41) is 0. The van der Waals surface area contributed by atoms with Crippen LogP contribution in [-0.4, -0.2) is 36.3 Å². The summed E-state index contributed by atoms with van der Waals surface area (Å²) in [4.78, 5) is 2.24. The fourth-order valence-corrected chi connectivity index (χ4v) is 2.59. The van der Waals surface area contributed by atoms with E-state index in [1.165, 1.54) is 12.1 Å². The second-order valence-corrected chi connectivity index (χ2v) is 5.69. The second kappa shape index (κ2) is 8.35. The minimum atomic E-state index is -4.31. The molecule has 24 heavy (non-hydrogen) atoms. The van der Waals surface area contributed by atoms with Crippen LogP contribution in [0.5, 0.6) is 0 Å². The molecule has 1 aromatic carbocycles. The average Bonchev–Trinajstić information content (AvgIpc) is 2.97. The molecule has 1 heterocycles. The Labute approximate surface area is 140 Å². The molecule has 0 saturated carbocycles. The number of nitrogens with zero attached hydrogens (tertiary/aromatic N) is 2. The van der Waals surface area contributed by atoms with Crippen LogP contribution in [0.1, 0.15) is 23.7 Å². The van der Waals surface area contributed by atoms with Crippen LogP contribution in [0.3, 0.4) is 0 Å². The van der Waals surface area contributed by atoms with E-state index >= 15 is 0 Å². The number of aromatic nitrogens is 1. The van der Waals surface area contributed by atoms with Crippen LogP contribution >= 0.6 is 0 Å². The van der Waals surface area contributed by atoms with Gasteiger partial charge in [0.1, 0.15) is 0 Å². The van der Waals surface area contributed by atoms with Crippen molar-refractivity contribution in [1.29, 1.82) is 0 Å². The molecule has 0 aliphatic carbocycles. The van der Waals surface area contributed by atoms with E-state index in [2.05, 4.69) is 11.8 Å². The fraction of sp³-hybridized carbons (Fsp3) is 0.444. The maximum Gasteiger partial charge on any atom is 0.416 e. The molecule has 1 aromatic heterocycles.